The summed E-state index contributed by atoms with van der Waals surface area (Å²) < 4.78 is 0. The summed E-state index contributed by atoms with van der Waals surface area (Å²) in [6.07, 6.45) is 6.28. The molecule has 0 radical (unpaired) electrons. The summed E-state index contributed by atoms with van der Waals surface area (Å²) >= 11 is 0. The molecule has 1 unspecified atom stereocenters. The third kappa shape index (κ3) is 3.36. The van der Waals surface area contributed by atoms with Gasteiger partial charge in [0.2, 0.25) is 5.91 Å². The zero-order chi connectivity index (χ0) is 10.7. The fourth-order valence-corrected chi connectivity index (χ4v) is 2.80. The van der Waals surface area contributed by atoms with E-state index in [2.05, 4.69) is 17.6 Å². The van der Waals surface area contributed by atoms with Crippen molar-refractivity contribution in [3.63, 3.8) is 0 Å². The fraction of sp³-hybridized carbons (Fsp3) is 0.917. The van der Waals surface area contributed by atoms with Gasteiger partial charge in [-0.2, -0.15) is 0 Å². The second kappa shape index (κ2) is 6.45. The Hall–Kier alpha value is -0.280. The van der Waals surface area contributed by atoms with E-state index in [0.717, 1.165) is 25.4 Å². The maximum Gasteiger partial charge on any atom is 0.224 e. The third-order valence-electron chi connectivity index (χ3n) is 3.91. The van der Waals surface area contributed by atoms with Gasteiger partial charge in [-0.3, -0.25) is 4.79 Å². The van der Waals surface area contributed by atoms with Crippen molar-refractivity contribution in [3.05, 3.63) is 0 Å². The van der Waals surface area contributed by atoms with Crippen LogP contribution in [0.3, 0.4) is 0 Å². The van der Waals surface area contributed by atoms with E-state index in [0.29, 0.717) is 6.04 Å². The van der Waals surface area contributed by atoms with Crippen LogP contribution >= 0.6 is 12.4 Å². The second-order valence-electron chi connectivity index (χ2n) is 5.03. The highest BCUT2D eigenvalue weighted by atomic mass is 35.5. The molecule has 1 amide bonds. The molecule has 0 aromatic carbocycles. The Labute approximate surface area is 104 Å². The number of hydrogen-bond acceptors (Lipinski definition) is 2. The Kier molecular flexibility index (Phi) is 5.56. The molecule has 1 saturated heterocycles. The number of halogens is 1. The zero-order valence-corrected chi connectivity index (χ0v) is 10.8. The first kappa shape index (κ1) is 13.8. The molecule has 1 saturated carbocycles. The summed E-state index contributed by atoms with van der Waals surface area (Å²) in [5.41, 5.74) is 0. The topological polar surface area (TPSA) is 41.1 Å². The molecule has 0 bridgehead atoms. The van der Waals surface area contributed by atoms with Crippen LogP contribution in [0.25, 0.3) is 0 Å². The van der Waals surface area contributed by atoms with Crippen molar-refractivity contribution >= 4 is 18.3 Å². The molecule has 1 aliphatic heterocycles. The largest absolute Gasteiger partial charge is 0.353 e. The third-order valence-corrected chi connectivity index (χ3v) is 3.91. The Balaban J connectivity index is 0.00000128. The van der Waals surface area contributed by atoms with Crippen molar-refractivity contribution in [3.8, 4) is 0 Å². The predicted octanol–water partition coefficient (Wildman–Crippen LogP) is 1.71. The molecule has 2 atom stereocenters. The minimum absolute atomic E-state index is 0. The van der Waals surface area contributed by atoms with E-state index < -0.39 is 0 Å². The monoisotopic (exact) mass is 246 g/mol. The van der Waals surface area contributed by atoms with Crippen LogP contribution < -0.4 is 10.6 Å². The van der Waals surface area contributed by atoms with Crippen molar-refractivity contribution in [1.29, 1.82) is 0 Å². The van der Waals surface area contributed by atoms with Crippen molar-refractivity contribution in [2.24, 2.45) is 11.8 Å². The normalized spacial score (nSPS) is 27.4. The molecule has 0 spiro atoms. The highest BCUT2D eigenvalue weighted by Gasteiger charge is 2.27. The SMILES string of the molecule is CC(NC(=O)[C@H]1CCNC1)C1CCCC1.Cl. The average Bonchev–Trinajstić information content (AvgIpc) is 2.91. The molecule has 4 heteroatoms. The lowest BCUT2D eigenvalue weighted by atomic mass is 9.98. The first-order chi connectivity index (χ1) is 7.27. The summed E-state index contributed by atoms with van der Waals surface area (Å²) in [6.45, 7) is 4.02. The lowest BCUT2D eigenvalue weighted by molar-refractivity contribution is -0.125. The van der Waals surface area contributed by atoms with Gasteiger partial charge in [0.05, 0.1) is 5.92 Å². The van der Waals surface area contributed by atoms with Gasteiger partial charge in [0.1, 0.15) is 0 Å². The molecule has 3 nitrogen and oxygen atoms in total. The van der Waals surface area contributed by atoms with Crippen LogP contribution in [-0.4, -0.2) is 25.0 Å². The Morgan fingerprint density at radius 1 is 1.31 bits per heavy atom. The van der Waals surface area contributed by atoms with Crippen LogP contribution in [0, 0.1) is 11.8 Å². The molecule has 0 aromatic rings. The standard InChI is InChI=1S/C12H22N2O.ClH/c1-9(10-4-2-3-5-10)14-12(15)11-6-7-13-8-11;/h9-11,13H,2-8H2,1H3,(H,14,15);1H/t9?,11-;/m0./s1. The molecule has 2 fully saturated rings. The van der Waals surface area contributed by atoms with Gasteiger partial charge in [-0.1, -0.05) is 12.8 Å². The molecule has 1 heterocycles. The first-order valence-electron chi connectivity index (χ1n) is 6.28. The minimum atomic E-state index is 0. The van der Waals surface area contributed by atoms with Crippen LogP contribution in [0.5, 0.6) is 0 Å². The van der Waals surface area contributed by atoms with Gasteiger partial charge in [0.15, 0.2) is 0 Å². The summed E-state index contributed by atoms with van der Waals surface area (Å²) in [6, 6.07) is 0.376. The van der Waals surface area contributed by atoms with Crippen molar-refractivity contribution in [2.45, 2.75) is 45.1 Å². The molecular weight excluding hydrogens is 224 g/mol. The maximum atomic E-state index is 11.9. The Morgan fingerprint density at radius 2 is 2.00 bits per heavy atom. The van der Waals surface area contributed by atoms with Crippen molar-refractivity contribution in [2.75, 3.05) is 13.1 Å². The number of carbonyl (C=O) groups excluding carboxylic acids is 1. The lowest BCUT2D eigenvalue weighted by Crippen LogP contribution is -2.41. The van der Waals surface area contributed by atoms with E-state index in [4.69, 9.17) is 0 Å². The molecular formula is C12H23ClN2O. The van der Waals surface area contributed by atoms with E-state index in [-0.39, 0.29) is 24.2 Å². The highest BCUT2D eigenvalue weighted by molar-refractivity contribution is 5.85. The van der Waals surface area contributed by atoms with Gasteiger partial charge >= 0.3 is 0 Å². The number of rotatable bonds is 3. The van der Waals surface area contributed by atoms with Gasteiger partial charge in [-0.15, -0.1) is 12.4 Å². The summed E-state index contributed by atoms with van der Waals surface area (Å²) in [5.74, 6) is 1.21. The summed E-state index contributed by atoms with van der Waals surface area (Å²) in [4.78, 5) is 11.9. The van der Waals surface area contributed by atoms with Crippen molar-refractivity contribution < 1.29 is 4.79 Å². The molecule has 1 aliphatic carbocycles. The fourth-order valence-electron chi connectivity index (χ4n) is 2.80. The van der Waals surface area contributed by atoms with Gasteiger partial charge in [0.25, 0.3) is 0 Å². The Bertz CT molecular complexity index is 223. The number of nitrogens with one attached hydrogen (secondary N) is 2. The van der Waals surface area contributed by atoms with Crippen LogP contribution in [-0.2, 0) is 4.79 Å². The van der Waals surface area contributed by atoms with Crippen LogP contribution in [0.2, 0.25) is 0 Å². The van der Waals surface area contributed by atoms with E-state index in [1.54, 1.807) is 0 Å². The number of amides is 1. The molecule has 16 heavy (non-hydrogen) atoms. The van der Waals surface area contributed by atoms with E-state index in [1.807, 2.05) is 0 Å². The van der Waals surface area contributed by atoms with Gasteiger partial charge in [-0.25, -0.2) is 0 Å². The van der Waals surface area contributed by atoms with E-state index in [1.165, 1.54) is 25.7 Å². The predicted molar refractivity (Wildman–Crippen MR) is 67.8 cm³/mol. The highest BCUT2D eigenvalue weighted by Crippen LogP contribution is 2.27. The molecule has 2 aliphatic rings. The lowest BCUT2D eigenvalue weighted by Gasteiger charge is -2.22. The maximum absolute atomic E-state index is 11.9. The smallest absolute Gasteiger partial charge is 0.224 e. The van der Waals surface area contributed by atoms with Gasteiger partial charge in [0, 0.05) is 12.6 Å². The second-order valence-corrected chi connectivity index (χ2v) is 5.03. The van der Waals surface area contributed by atoms with Gasteiger partial charge in [-0.05, 0) is 38.6 Å². The van der Waals surface area contributed by atoms with E-state index >= 15 is 0 Å². The van der Waals surface area contributed by atoms with Crippen molar-refractivity contribution in [1.82, 2.24) is 10.6 Å². The average molecular weight is 247 g/mol. The first-order valence-corrected chi connectivity index (χ1v) is 6.28. The molecule has 2 rings (SSSR count). The summed E-state index contributed by atoms with van der Waals surface area (Å²) in [5, 5.41) is 6.42. The van der Waals surface area contributed by atoms with E-state index in [9.17, 15) is 4.79 Å². The summed E-state index contributed by atoms with van der Waals surface area (Å²) in [7, 11) is 0. The zero-order valence-electron chi connectivity index (χ0n) is 10.00. The van der Waals surface area contributed by atoms with Gasteiger partial charge < -0.3 is 10.6 Å². The quantitative estimate of drug-likeness (QED) is 0.796. The number of hydrogen-bond donors (Lipinski definition) is 2. The Morgan fingerprint density at radius 3 is 2.56 bits per heavy atom. The van der Waals surface area contributed by atoms with Crippen LogP contribution in [0.1, 0.15) is 39.0 Å². The molecule has 94 valence electrons. The van der Waals surface area contributed by atoms with Crippen LogP contribution in [0.4, 0.5) is 0 Å². The number of carbonyl (C=O) groups is 1. The molecule has 0 aromatic heterocycles. The molecule has 2 N–H and O–H groups in total. The minimum Gasteiger partial charge on any atom is -0.353 e. The van der Waals surface area contributed by atoms with Crippen LogP contribution in [0.15, 0.2) is 0 Å².